The van der Waals surface area contributed by atoms with Crippen LogP contribution < -0.4 is 4.74 Å². The standard InChI is InChI=1S/C16H7Cl3FNO3/c17-8-4-11(18)15(12(19)5-8)24-16(22)10-3-1-2-9(14(10)20)13-6-21-7-23-13/h1-7H. The number of aromatic nitrogens is 1. The molecule has 0 N–H and O–H groups in total. The first-order valence-corrected chi connectivity index (χ1v) is 7.65. The van der Waals surface area contributed by atoms with Gasteiger partial charge in [0, 0.05) is 5.02 Å². The number of oxazole rings is 1. The number of hydrogen-bond donors (Lipinski definition) is 0. The molecule has 3 aromatic rings. The van der Waals surface area contributed by atoms with Gasteiger partial charge in [-0.05, 0) is 24.3 Å². The third-order valence-corrected chi connectivity index (χ3v) is 3.85. The average Bonchev–Trinajstić information content (AvgIpc) is 3.05. The molecule has 0 unspecified atom stereocenters. The molecule has 0 aliphatic heterocycles. The SMILES string of the molecule is O=C(Oc1c(Cl)cc(Cl)cc1Cl)c1cccc(-c2cnco2)c1F. The lowest BCUT2D eigenvalue weighted by molar-refractivity contribution is 0.0730. The molecule has 0 radical (unpaired) electrons. The van der Waals surface area contributed by atoms with Crippen LogP contribution in [0.5, 0.6) is 5.75 Å². The number of esters is 1. The lowest BCUT2D eigenvalue weighted by Crippen LogP contribution is -2.12. The molecule has 0 fully saturated rings. The highest BCUT2D eigenvalue weighted by molar-refractivity contribution is 6.40. The molecule has 0 saturated heterocycles. The summed E-state index contributed by atoms with van der Waals surface area (Å²) in [6, 6.07) is 6.94. The minimum atomic E-state index is -0.958. The molecule has 2 aromatic carbocycles. The van der Waals surface area contributed by atoms with E-state index in [1.807, 2.05) is 0 Å². The number of carbonyl (C=O) groups excluding carboxylic acids is 1. The monoisotopic (exact) mass is 385 g/mol. The van der Waals surface area contributed by atoms with Gasteiger partial charge < -0.3 is 9.15 Å². The smallest absolute Gasteiger partial charge is 0.346 e. The summed E-state index contributed by atoms with van der Waals surface area (Å²) in [5.74, 6) is -1.68. The summed E-state index contributed by atoms with van der Waals surface area (Å²) in [6.07, 6.45) is 2.49. The van der Waals surface area contributed by atoms with Gasteiger partial charge in [0.05, 0.1) is 27.4 Å². The van der Waals surface area contributed by atoms with Gasteiger partial charge >= 0.3 is 5.97 Å². The van der Waals surface area contributed by atoms with Crippen molar-refractivity contribution in [1.82, 2.24) is 4.98 Å². The van der Waals surface area contributed by atoms with Gasteiger partial charge in [-0.25, -0.2) is 14.2 Å². The fraction of sp³-hybridized carbons (Fsp3) is 0. The van der Waals surface area contributed by atoms with Crippen LogP contribution in [0.1, 0.15) is 10.4 Å². The molecule has 3 rings (SSSR count). The maximum absolute atomic E-state index is 14.6. The molecule has 1 heterocycles. The van der Waals surface area contributed by atoms with Crippen molar-refractivity contribution in [1.29, 1.82) is 0 Å². The van der Waals surface area contributed by atoms with Crippen LogP contribution in [0.4, 0.5) is 4.39 Å². The molecule has 0 atom stereocenters. The number of halogens is 4. The second-order valence-electron chi connectivity index (χ2n) is 4.62. The fourth-order valence-corrected chi connectivity index (χ4v) is 2.90. The Morgan fingerprint density at radius 2 is 1.88 bits per heavy atom. The van der Waals surface area contributed by atoms with Gasteiger partial charge in [-0.2, -0.15) is 0 Å². The van der Waals surface area contributed by atoms with Crippen LogP contribution in [0.2, 0.25) is 15.1 Å². The molecule has 0 amide bonds. The maximum Gasteiger partial charge on any atom is 0.346 e. The molecule has 0 spiro atoms. The van der Waals surface area contributed by atoms with E-state index in [2.05, 4.69) is 4.98 Å². The van der Waals surface area contributed by atoms with Gasteiger partial charge in [-0.1, -0.05) is 40.9 Å². The second-order valence-corrected chi connectivity index (χ2v) is 5.87. The molecule has 0 saturated carbocycles. The van der Waals surface area contributed by atoms with Crippen molar-refractivity contribution >= 4 is 40.8 Å². The van der Waals surface area contributed by atoms with E-state index in [1.165, 1.54) is 36.5 Å². The van der Waals surface area contributed by atoms with E-state index in [0.29, 0.717) is 0 Å². The van der Waals surface area contributed by atoms with Crippen molar-refractivity contribution in [2.24, 2.45) is 0 Å². The first kappa shape index (κ1) is 16.8. The Balaban J connectivity index is 1.96. The minimum absolute atomic E-state index is 0.0349. The lowest BCUT2D eigenvalue weighted by atomic mass is 10.1. The van der Waals surface area contributed by atoms with Crippen molar-refractivity contribution in [3.63, 3.8) is 0 Å². The van der Waals surface area contributed by atoms with Crippen LogP contribution in [0, 0.1) is 5.82 Å². The third-order valence-electron chi connectivity index (χ3n) is 3.07. The molecule has 24 heavy (non-hydrogen) atoms. The molecular weight excluding hydrogens is 380 g/mol. The molecule has 4 nitrogen and oxygen atoms in total. The number of ether oxygens (including phenoxy) is 1. The van der Waals surface area contributed by atoms with Crippen LogP contribution in [0.3, 0.4) is 0 Å². The van der Waals surface area contributed by atoms with Gasteiger partial charge in [0.25, 0.3) is 0 Å². The summed E-state index contributed by atoms with van der Waals surface area (Å²) in [5.41, 5.74) is -0.221. The number of hydrogen-bond acceptors (Lipinski definition) is 4. The summed E-state index contributed by atoms with van der Waals surface area (Å²) < 4.78 is 24.7. The summed E-state index contributed by atoms with van der Waals surface area (Å²) in [6.45, 7) is 0. The quantitative estimate of drug-likeness (QED) is 0.430. The molecule has 0 aliphatic rings. The van der Waals surface area contributed by atoms with E-state index in [1.54, 1.807) is 0 Å². The van der Waals surface area contributed by atoms with Gasteiger partial charge in [-0.15, -0.1) is 0 Å². The number of benzene rings is 2. The Morgan fingerprint density at radius 1 is 1.17 bits per heavy atom. The summed E-state index contributed by atoms with van der Waals surface area (Å²) in [4.78, 5) is 16.0. The number of carbonyl (C=O) groups is 1. The van der Waals surface area contributed by atoms with Gasteiger partial charge in [0.15, 0.2) is 17.9 Å². The highest BCUT2D eigenvalue weighted by Crippen LogP contribution is 2.36. The van der Waals surface area contributed by atoms with Gasteiger partial charge in [0.2, 0.25) is 0 Å². The van der Waals surface area contributed by atoms with E-state index in [0.717, 1.165) is 6.39 Å². The number of nitrogens with zero attached hydrogens (tertiary/aromatic N) is 1. The van der Waals surface area contributed by atoms with E-state index >= 15 is 0 Å². The molecular formula is C16H7Cl3FNO3. The third kappa shape index (κ3) is 3.24. The van der Waals surface area contributed by atoms with Crippen LogP contribution >= 0.6 is 34.8 Å². The predicted octanol–water partition coefficient (Wildman–Crippen LogP) is 5.66. The van der Waals surface area contributed by atoms with Crippen LogP contribution in [0.15, 0.2) is 47.3 Å². The molecule has 1 aromatic heterocycles. The van der Waals surface area contributed by atoms with E-state index in [4.69, 9.17) is 44.0 Å². The zero-order chi connectivity index (χ0) is 17.3. The van der Waals surface area contributed by atoms with Crippen molar-refractivity contribution in [3.05, 3.63) is 69.4 Å². The topological polar surface area (TPSA) is 52.3 Å². The molecule has 122 valence electrons. The second kappa shape index (κ2) is 6.81. The Bertz CT molecular complexity index is 890. The maximum atomic E-state index is 14.6. The molecule has 0 aliphatic carbocycles. The Kier molecular flexibility index (Phi) is 4.76. The predicted molar refractivity (Wildman–Crippen MR) is 88.3 cm³/mol. The van der Waals surface area contributed by atoms with E-state index in [9.17, 15) is 9.18 Å². The fourth-order valence-electron chi connectivity index (χ4n) is 2.00. The van der Waals surface area contributed by atoms with Crippen molar-refractivity contribution in [2.45, 2.75) is 0 Å². The van der Waals surface area contributed by atoms with Crippen molar-refractivity contribution in [3.8, 4) is 17.1 Å². The zero-order valence-corrected chi connectivity index (χ0v) is 14.0. The van der Waals surface area contributed by atoms with Crippen molar-refractivity contribution in [2.75, 3.05) is 0 Å². The van der Waals surface area contributed by atoms with Crippen molar-refractivity contribution < 1.29 is 18.3 Å². The average molecular weight is 387 g/mol. The molecule has 8 heteroatoms. The highest BCUT2D eigenvalue weighted by atomic mass is 35.5. The lowest BCUT2D eigenvalue weighted by Gasteiger charge is -2.10. The van der Waals surface area contributed by atoms with E-state index in [-0.39, 0.29) is 37.7 Å². The van der Waals surface area contributed by atoms with E-state index < -0.39 is 11.8 Å². The highest BCUT2D eigenvalue weighted by Gasteiger charge is 2.21. The van der Waals surface area contributed by atoms with Crippen LogP contribution in [-0.2, 0) is 0 Å². The Labute approximate surface area is 150 Å². The number of rotatable bonds is 3. The molecule has 0 bridgehead atoms. The minimum Gasteiger partial charge on any atom is -0.443 e. The normalized spacial score (nSPS) is 10.7. The first-order chi connectivity index (χ1) is 11.5. The summed E-state index contributed by atoms with van der Waals surface area (Å²) in [7, 11) is 0. The van der Waals surface area contributed by atoms with Crippen LogP contribution in [0.25, 0.3) is 11.3 Å². The van der Waals surface area contributed by atoms with Gasteiger partial charge in [-0.3, -0.25) is 0 Å². The first-order valence-electron chi connectivity index (χ1n) is 6.51. The van der Waals surface area contributed by atoms with Crippen LogP contribution in [-0.4, -0.2) is 11.0 Å². The Hall–Kier alpha value is -2.08. The summed E-state index contributed by atoms with van der Waals surface area (Å²) in [5, 5.41) is 0.351. The largest absolute Gasteiger partial charge is 0.443 e. The van der Waals surface area contributed by atoms with Gasteiger partial charge in [0.1, 0.15) is 5.82 Å². The zero-order valence-electron chi connectivity index (χ0n) is 11.7. The summed E-state index contributed by atoms with van der Waals surface area (Å²) >= 11 is 17.7. The Morgan fingerprint density at radius 3 is 2.50 bits per heavy atom.